The smallest absolute Gasteiger partial charge is 0.139 e. The Hall–Kier alpha value is -1.52. The molecule has 0 aliphatic heterocycles. The van der Waals surface area contributed by atoms with Crippen LogP contribution in [-0.2, 0) is 19.4 Å². The molecule has 0 saturated carbocycles. The van der Waals surface area contributed by atoms with Gasteiger partial charge in [0.2, 0.25) is 0 Å². The second-order valence-electron chi connectivity index (χ2n) is 3.75. The highest BCUT2D eigenvalue weighted by atomic mass is 16.4. The molecule has 0 atom stereocenters. The molecule has 90 valence electrons. The quantitative estimate of drug-likeness (QED) is 0.333. The van der Waals surface area contributed by atoms with Gasteiger partial charge in [0.25, 0.3) is 0 Å². The Balaban J connectivity index is 2.55. The fourth-order valence-corrected chi connectivity index (χ4v) is 1.63. The number of nitrogens with zero attached hydrogens (tertiary/aromatic N) is 3. The van der Waals surface area contributed by atoms with Crippen molar-refractivity contribution in [3.05, 3.63) is 17.5 Å². The maximum atomic E-state index is 8.42. The summed E-state index contributed by atoms with van der Waals surface area (Å²) in [5, 5.41) is 15.9. The van der Waals surface area contributed by atoms with Gasteiger partial charge >= 0.3 is 0 Å². The Morgan fingerprint density at radius 2 is 2.25 bits per heavy atom. The summed E-state index contributed by atoms with van der Waals surface area (Å²) in [6, 6.07) is 2.14. The molecule has 5 nitrogen and oxygen atoms in total. The molecule has 16 heavy (non-hydrogen) atoms. The van der Waals surface area contributed by atoms with Gasteiger partial charge in [-0.25, -0.2) is 0 Å². The van der Waals surface area contributed by atoms with Crippen LogP contribution in [0, 0.1) is 0 Å². The summed E-state index contributed by atoms with van der Waals surface area (Å²) in [4.78, 5) is 0. The van der Waals surface area contributed by atoms with Crippen molar-refractivity contribution in [2.24, 2.45) is 10.9 Å². The molecule has 0 saturated heterocycles. The first-order chi connectivity index (χ1) is 7.71. The van der Waals surface area contributed by atoms with Gasteiger partial charge in [0, 0.05) is 18.7 Å². The molecular weight excluding hydrogens is 204 g/mol. The molecule has 0 spiro atoms. The Bertz CT molecular complexity index is 357. The number of oxime groups is 1. The Kier molecular flexibility index (Phi) is 4.82. The van der Waals surface area contributed by atoms with E-state index < -0.39 is 0 Å². The molecule has 0 bridgehead atoms. The number of hydrogen-bond acceptors (Lipinski definition) is 3. The number of aromatic nitrogens is 2. The van der Waals surface area contributed by atoms with Crippen molar-refractivity contribution in [2.45, 2.75) is 46.1 Å². The minimum absolute atomic E-state index is 0.279. The van der Waals surface area contributed by atoms with Crippen LogP contribution in [0.25, 0.3) is 0 Å². The number of hydrogen-bond donors (Lipinski definition) is 2. The second-order valence-corrected chi connectivity index (χ2v) is 3.75. The Morgan fingerprint density at radius 3 is 2.81 bits per heavy atom. The summed E-state index contributed by atoms with van der Waals surface area (Å²) >= 11 is 0. The van der Waals surface area contributed by atoms with Crippen molar-refractivity contribution in [1.29, 1.82) is 0 Å². The van der Waals surface area contributed by atoms with E-state index in [1.54, 1.807) is 0 Å². The molecule has 1 aromatic heterocycles. The van der Waals surface area contributed by atoms with Crippen LogP contribution in [0.2, 0.25) is 0 Å². The van der Waals surface area contributed by atoms with Gasteiger partial charge in [-0.3, -0.25) is 4.68 Å². The third-order valence-electron chi connectivity index (χ3n) is 2.57. The van der Waals surface area contributed by atoms with E-state index in [-0.39, 0.29) is 5.84 Å². The van der Waals surface area contributed by atoms with Gasteiger partial charge in [-0.1, -0.05) is 19.0 Å². The SMILES string of the molecule is CCc1cc(CC)n(CCC/C(N)=N/O)n1. The maximum Gasteiger partial charge on any atom is 0.139 e. The summed E-state index contributed by atoms with van der Waals surface area (Å²) in [7, 11) is 0. The van der Waals surface area contributed by atoms with Crippen LogP contribution >= 0.6 is 0 Å². The standard InChI is InChI=1S/C11H20N4O/c1-3-9-8-10(4-2)15(13-9)7-5-6-11(12)14-16/h8,16H,3-7H2,1-2H3,(H2,12,14). The lowest BCUT2D eigenvalue weighted by atomic mass is 10.2. The van der Waals surface area contributed by atoms with Crippen LogP contribution in [0.3, 0.4) is 0 Å². The van der Waals surface area contributed by atoms with Gasteiger partial charge in [-0.15, -0.1) is 0 Å². The molecule has 5 heteroatoms. The zero-order valence-electron chi connectivity index (χ0n) is 9.98. The molecule has 0 radical (unpaired) electrons. The van der Waals surface area contributed by atoms with Crippen molar-refractivity contribution < 1.29 is 5.21 Å². The molecule has 0 fully saturated rings. The third kappa shape index (κ3) is 3.25. The molecule has 1 aromatic rings. The topological polar surface area (TPSA) is 76.4 Å². The first-order valence-electron chi connectivity index (χ1n) is 5.73. The van der Waals surface area contributed by atoms with E-state index in [9.17, 15) is 0 Å². The van der Waals surface area contributed by atoms with E-state index in [1.165, 1.54) is 5.69 Å². The van der Waals surface area contributed by atoms with Crippen molar-refractivity contribution in [3.8, 4) is 0 Å². The van der Waals surface area contributed by atoms with Gasteiger partial charge in [0.1, 0.15) is 5.84 Å². The molecule has 0 amide bonds. The monoisotopic (exact) mass is 224 g/mol. The van der Waals surface area contributed by atoms with Gasteiger partial charge in [-0.05, 0) is 25.3 Å². The van der Waals surface area contributed by atoms with Crippen LogP contribution < -0.4 is 5.73 Å². The fourth-order valence-electron chi connectivity index (χ4n) is 1.63. The largest absolute Gasteiger partial charge is 0.409 e. The minimum atomic E-state index is 0.279. The minimum Gasteiger partial charge on any atom is -0.409 e. The van der Waals surface area contributed by atoms with E-state index in [0.29, 0.717) is 6.42 Å². The summed E-state index contributed by atoms with van der Waals surface area (Å²) in [6.45, 7) is 5.04. The highest BCUT2D eigenvalue weighted by Crippen LogP contribution is 2.07. The highest BCUT2D eigenvalue weighted by Gasteiger charge is 2.05. The summed E-state index contributed by atoms with van der Waals surface area (Å²) in [5.74, 6) is 0.279. The van der Waals surface area contributed by atoms with Gasteiger partial charge in [-0.2, -0.15) is 5.10 Å². The molecule has 0 unspecified atom stereocenters. The number of rotatable bonds is 6. The number of aryl methyl sites for hydroxylation is 3. The summed E-state index contributed by atoms with van der Waals surface area (Å²) < 4.78 is 2.02. The van der Waals surface area contributed by atoms with Gasteiger partial charge in [0.15, 0.2) is 0 Å². The van der Waals surface area contributed by atoms with Crippen molar-refractivity contribution in [2.75, 3.05) is 0 Å². The van der Waals surface area contributed by atoms with Crippen LogP contribution in [-0.4, -0.2) is 20.8 Å². The number of nitrogens with two attached hydrogens (primary N) is 1. The molecule has 1 rings (SSSR count). The van der Waals surface area contributed by atoms with Crippen molar-refractivity contribution >= 4 is 5.84 Å². The zero-order chi connectivity index (χ0) is 12.0. The molecule has 1 heterocycles. The van der Waals surface area contributed by atoms with E-state index in [0.717, 1.165) is 31.5 Å². The van der Waals surface area contributed by atoms with E-state index in [2.05, 4.69) is 30.2 Å². The lowest BCUT2D eigenvalue weighted by Gasteiger charge is -2.04. The van der Waals surface area contributed by atoms with Crippen LogP contribution in [0.15, 0.2) is 11.2 Å². The van der Waals surface area contributed by atoms with Crippen LogP contribution in [0.4, 0.5) is 0 Å². The van der Waals surface area contributed by atoms with E-state index in [4.69, 9.17) is 10.9 Å². The molecule has 0 aliphatic rings. The molecule has 0 aromatic carbocycles. The first kappa shape index (κ1) is 12.5. The van der Waals surface area contributed by atoms with Gasteiger partial charge in [0.05, 0.1) is 5.69 Å². The first-order valence-corrected chi connectivity index (χ1v) is 5.73. The molecule has 0 aliphatic carbocycles. The van der Waals surface area contributed by atoms with E-state index >= 15 is 0 Å². The predicted molar refractivity (Wildman–Crippen MR) is 63.6 cm³/mol. The number of amidine groups is 1. The maximum absolute atomic E-state index is 8.42. The summed E-state index contributed by atoms with van der Waals surface area (Å²) in [6.07, 6.45) is 3.38. The Morgan fingerprint density at radius 1 is 1.50 bits per heavy atom. The zero-order valence-corrected chi connectivity index (χ0v) is 9.98. The molecule has 3 N–H and O–H groups in total. The summed E-state index contributed by atoms with van der Waals surface area (Å²) in [5.41, 5.74) is 7.78. The van der Waals surface area contributed by atoms with Crippen molar-refractivity contribution in [1.82, 2.24) is 9.78 Å². The van der Waals surface area contributed by atoms with Crippen LogP contribution in [0.1, 0.15) is 38.1 Å². The average molecular weight is 224 g/mol. The van der Waals surface area contributed by atoms with Crippen molar-refractivity contribution in [3.63, 3.8) is 0 Å². The Labute approximate surface area is 95.9 Å². The fraction of sp³-hybridized carbons (Fsp3) is 0.636. The van der Waals surface area contributed by atoms with E-state index in [1.807, 2.05) is 4.68 Å². The predicted octanol–water partition coefficient (Wildman–Crippen LogP) is 1.53. The lowest BCUT2D eigenvalue weighted by molar-refractivity contribution is 0.316. The van der Waals surface area contributed by atoms with Crippen LogP contribution in [0.5, 0.6) is 0 Å². The second kappa shape index (κ2) is 6.15. The normalized spacial score (nSPS) is 12.0. The third-order valence-corrected chi connectivity index (χ3v) is 2.57. The van der Waals surface area contributed by atoms with Gasteiger partial charge < -0.3 is 10.9 Å². The molecular formula is C11H20N4O. The average Bonchev–Trinajstić information content (AvgIpc) is 2.71. The highest BCUT2D eigenvalue weighted by molar-refractivity contribution is 5.79. The lowest BCUT2D eigenvalue weighted by Crippen LogP contribution is -2.13.